The summed E-state index contributed by atoms with van der Waals surface area (Å²) in [5.74, 6) is 1.76. The van der Waals surface area contributed by atoms with Crippen LogP contribution in [0.1, 0.15) is 32.3 Å². The first-order valence-corrected chi connectivity index (χ1v) is 5.31. The van der Waals surface area contributed by atoms with Crippen LogP contribution in [0.15, 0.2) is 18.2 Å². The maximum absolute atomic E-state index is 11.3. The highest BCUT2D eigenvalue weighted by molar-refractivity contribution is 5.76. The molecule has 1 aliphatic rings. The van der Waals surface area contributed by atoms with E-state index >= 15 is 0 Å². The Morgan fingerprint density at radius 2 is 2.12 bits per heavy atom. The van der Waals surface area contributed by atoms with Crippen molar-refractivity contribution in [1.29, 1.82) is 0 Å². The van der Waals surface area contributed by atoms with E-state index in [4.69, 9.17) is 9.47 Å². The van der Waals surface area contributed by atoms with Gasteiger partial charge in [-0.1, -0.05) is 20.4 Å². The van der Waals surface area contributed by atoms with Crippen molar-refractivity contribution in [3.63, 3.8) is 0 Å². The Labute approximate surface area is 102 Å². The standard InChI is InChI=1S/C12H15NO3.CH4/c1-8(5-12(14)13-2)9-3-4-10-11(6-9)16-7-15-10;/h3-4,6,8H,5,7H2,1-2H3,(H,13,14);1H4. The van der Waals surface area contributed by atoms with E-state index in [0.29, 0.717) is 6.42 Å². The summed E-state index contributed by atoms with van der Waals surface area (Å²) in [5.41, 5.74) is 1.09. The van der Waals surface area contributed by atoms with Gasteiger partial charge in [-0.25, -0.2) is 0 Å². The van der Waals surface area contributed by atoms with Gasteiger partial charge in [0, 0.05) is 13.5 Å². The molecule has 1 N–H and O–H groups in total. The molecule has 0 spiro atoms. The number of ether oxygens (including phenoxy) is 2. The maximum Gasteiger partial charge on any atom is 0.231 e. The second-order valence-electron chi connectivity index (χ2n) is 3.89. The third kappa shape index (κ3) is 2.90. The highest BCUT2D eigenvalue weighted by Gasteiger charge is 2.16. The number of fused-ring (bicyclic) bond motifs is 1. The van der Waals surface area contributed by atoms with Crippen molar-refractivity contribution in [2.75, 3.05) is 13.8 Å². The van der Waals surface area contributed by atoms with Gasteiger partial charge in [0.25, 0.3) is 0 Å². The molecule has 1 aliphatic heterocycles. The Morgan fingerprint density at radius 3 is 2.82 bits per heavy atom. The van der Waals surface area contributed by atoms with Crippen molar-refractivity contribution < 1.29 is 14.3 Å². The monoisotopic (exact) mass is 237 g/mol. The minimum absolute atomic E-state index is 0. The summed E-state index contributed by atoms with van der Waals surface area (Å²) in [4.78, 5) is 11.3. The molecule has 0 saturated carbocycles. The lowest BCUT2D eigenvalue weighted by Gasteiger charge is -2.11. The molecule has 2 rings (SSSR count). The van der Waals surface area contributed by atoms with E-state index in [1.54, 1.807) is 7.05 Å². The van der Waals surface area contributed by atoms with Crippen LogP contribution in [-0.2, 0) is 4.79 Å². The largest absolute Gasteiger partial charge is 0.454 e. The van der Waals surface area contributed by atoms with Crippen LogP contribution in [0, 0.1) is 0 Å². The lowest BCUT2D eigenvalue weighted by molar-refractivity contribution is -0.120. The molecule has 0 aliphatic carbocycles. The molecule has 1 heterocycles. The fourth-order valence-electron chi connectivity index (χ4n) is 1.72. The summed E-state index contributed by atoms with van der Waals surface area (Å²) in [6.45, 7) is 2.30. The predicted octanol–water partition coefficient (Wildman–Crippen LogP) is 2.29. The number of benzene rings is 1. The summed E-state index contributed by atoms with van der Waals surface area (Å²) in [7, 11) is 1.65. The molecule has 0 bridgehead atoms. The first-order valence-electron chi connectivity index (χ1n) is 5.31. The van der Waals surface area contributed by atoms with Gasteiger partial charge in [0.15, 0.2) is 11.5 Å². The molecular weight excluding hydrogens is 218 g/mol. The van der Waals surface area contributed by atoms with Crippen LogP contribution in [-0.4, -0.2) is 19.7 Å². The molecule has 0 aromatic heterocycles. The highest BCUT2D eigenvalue weighted by Crippen LogP contribution is 2.35. The predicted molar refractivity (Wildman–Crippen MR) is 66.4 cm³/mol. The van der Waals surface area contributed by atoms with Gasteiger partial charge in [0.1, 0.15) is 0 Å². The maximum atomic E-state index is 11.3. The molecule has 17 heavy (non-hydrogen) atoms. The van der Waals surface area contributed by atoms with Crippen LogP contribution in [0.4, 0.5) is 0 Å². The van der Waals surface area contributed by atoms with Crippen LogP contribution in [0.5, 0.6) is 11.5 Å². The lowest BCUT2D eigenvalue weighted by atomic mass is 9.97. The third-order valence-electron chi connectivity index (χ3n) is 2.74. The van der Waals surface area contributed by atoms with Crippen LogP contribution in [0.25, 0.3) is 0 Å². The van der Waals surface area contributed by atoms with Crippen molar-refractivity contribution in [2.24, 2.45) is 0 Å². The minimum Gasteiger partial charge on any atom is -0.454 e. The Kier molecular flexibility index (Phi) is 4.37. The van der Waals surface area contributed by atoms with Crippen molar-refractivity contribution >= 4 is 5.91 Å². The summed E-state index contributed by atoms with van der Waals surface area (Å²) in [6.07, 6.45) is 0.482. The topological polar surface area (TPSA) is 47.6 Å². The van der Waals surface area contributed by atoms with Crippen molar-refractivity contribution in [1.82, 2.24) is 5.32 Å². The van der Waals surface area contributed by atoms with Gasteiger partial charge in [0.05, 0.1) is 0 Å². The van der Waals surface area contributed by atoms with Crippen LogP contribution >= 0.6 is 0 Å². The number of nitrogens with one attached hydrogen (secondary N) is 1. The molecule has 1 unspecified atom stereocenters. The van der Waals surface area contributed by atoms with Gasteiger partial charge >= 0.3 is 0 Å². The zero-order valence-electron chi connectivity index (χ0n) is 9.45. The Hall–Kier alpha value is -1.71. The van der Waals surface area contributed by atoms with Gasteiger partial charge in [0.2, 0.25) is 12.7 Å². The zero-order valence-corrected chi connectivity index (χ0v) is 9.45. The van der Waals surface area contributed by atoms with E-state index in [1.807, 2.05) is 25.1 Å². The number of rotatable bonds is 3. The molecule has 0 fully saturated rings. The van der Waals surface area contributed by atoms with Gasteiger partial charge in [-0.05, 0) is 23.6 Å². The second kappa shape index (κ2) is 5.57. The molecule has 0 radical (unpaired) electrons. The van der Waals surface area contributed by atoms with E-state index in [0.717, 1.165) is 17.1 Å². The summed E-state index contributed by atoms with van der Waals surface area (Å²) in [6, 6.07) is 5.80. The summed E-state index contributed by atoms with van der Waals surface area (Å²) < 4.78 is 10.5. The molecule has 94 valence electrons. The molecule has 4 heteroatoms. The van der Waals surface area contributed by atoms with E-state index in [9.17, 15) is 4.79 Å². The number of carbonyl (C=O) groups excluding carboxylic acids is 1. The first-order chi connectivity index (χ1) is 7.70. The van der Waals surface area contributed by atoms with E-state index in [-0.39, 0.29) is 26.0 Å². The number of hydrogen-bond donors (Lipinski definition) is 1. The lowest BCUT2D eigenvalue weighted by Crippen LogP contribution is -2.19. The number of amides is 1. The van der Waals surface area contributed by atoms with E-state index in [1.165, 1.54) is 0 Å². The normalized spacial score (nSPS) is 13.8. The molecule has 0 saturated heterocycles. The Bertz CT molecular complexity index is 404. The molecule has 1 atom stereocenters. The highest BCUT2D eigenvalue weighted by atomic mass is 16.7. The van der Waals surface area contributed by atoms with Crippen LogP contribution in [0.3, 0.4) is 0 Å². The number of carbonyl (C=O) groups is 1. The van der Waals surface area contributed by atoms with Crippen molar-refractivity contribution in [3.8, 4) is 11.5 Å². The molecule has 4 nitrogen and oxygen atoms in total. The first kappa shape index (κ1) is 13.4. The van der Waals surface area contributed by atoms with Gasteiger partial charge in [-0.2, -0.15) is 0 Å². The smallest absolute Gasteiger partial charge is 0.231 e. The van der Waals surface area contributed by atoms with Gasteiger partial charge in [-0.15, -0.1) is 0 Å². The zero-order chi connectivity index (χ0) is 11.5. The Morgan fingerprint density at radius 1 is 1.41 bits per heavy atom. The minimum atomic E-state index is 0. The van der Waals surface area contributed by atoms with E-state index < -0.39 is 0 Å². The summed E-state index contributed by atoms with van der Waals surface area (Å²) in [5, 5.41) is 2.62. The summed E-state index contributed by atoms with van der Waals surface area (Å²) >= 11 is 0. The fraction of sp³-hybridized carbons (Fsp3) is 0.462. The quantitative estimate of drug-likeness (QED) is 0.877. The Balaban J connectivity index is 0.00000144. The SMILES string of the molecule is C.CNC(=O)CC(C)c1ccc2c(c1)OCO2. The van der Waals surface area contributed by atoms with Crippen LogP contribution < -0.4 is 14.8 Å². The molecule has 1 aromatic rings. The fourth-order valence-corrected chi connectivity index (χ4v) is 1.72. The molecule has 1 amide bonds. The average Bonchev–Trinajstić information content (AvgIpc) is 2.75. The molecular formula is C13H19NO3. The van der Waals surface area contributed by atoms with Crippen molar-refractivity contribution in [3.05, 3.63) is 23.8 Å². The third-order valence-corrected chi connectivity index (χ3v) is 2.74. The van der Waals surface area contributed by atoms with E-state index in [2.05, 4.69) is 5.32 Å². The average molecular weight is 237 g/mol. The van der Waals surface area contributed by atoms with Crippen LogP contribution in [0.2, 0.25) is 0 Å². The van der Waals surface area contributed by atoms with Gasteiger partial charge in [-0.3, -0.25) is 4.79 Å². The second-order valence-corrected chi connectivity index (χ2v) is 3.89. The van der Waals surface area contributed by atoms with Crippen molar-refractivity contribution in [2.45, 2.75) is 26.7 Å². The van der Waals surface area contributed by atoms with Gasteiger partial charge < -0.3 is 14.8 Å². The number of hydrogen-bond acceptors (Lipinski definition) is 3. The molecule has 1 aromatic carbocycles.